The molecule has 2 aromatic rings. The van der Waals surface area contributed by atoms with Crippen molar-refractivity contribution in [2.45, 2.75) is 32.3 Å². The van der Waals surface area contributed by atoms with Gasteiger partial charge in [-0.15, -0.1) is 0 Å². The zero-order valence-electron chi connectivity index (χ0n) is 15.3. The molecule has 0 saturated carbocycles. The van der Waals surface area contributed by atoms with Crippen LogP contribution < -0.4 is 4.74 Å². The van der Waals surface area contributed by atoms with E-state index >= 15 is 0 Å². The summed E-state index contributed by atoms with van der Waals surface area (Å²) in [7, 11) is 1.77. The normalized spacial score (nSPS) is 20.3. The zero-order valence-corrected chi connectivity index (χ0v) is 16.1. The molecule has 1 unspecified atom stereocenters. The average molecular weight is 378 g/mol. The van der Waals surface area contributed by atoms with Crippen molar-refractivity contribution in [3.63, 3.8) is 0 Å². The van der Waals surface area contributed by atoms with Gasteiger partial charge in [0.1, 0.15) is 18.0 Å². The van der Waals surface area contributed by atoms with Crippen LogP contribution in [0, 0.1) is 13.8 Å². The molecular formula is C19H24ClN3O3. The molecule has 1 atom stereocenters. The molecule has 6 nitrogen and oxygen atoms in total. The van der Waals surface area contributed by atoms with Gasteiger partial charge in [0.2, 0.25) is 0 Å². The maximum Gasteiger partial charge on any atom is 0.257 e. The smallest absolute Gasteiger partial charge is 0.257 e. The fourth-order valence-electron chi connectivity index (χ4n) is 3.32. The number of aliphatic hydroxyl groups is 1. The Balaban J connectivity index is 1.66. The summed E-state index contributed by atoms with van der Waals surface area (Å²) in [6.45, 7) is 4.84. The highest BCUT2D eigenvalue weighted by atomic mass is 35.5. The van der Waals surface area contributed by atoms with E-state index in [1.54, 1.807) is 29.0 Å². The van der Waals surface area contributed by atoms with Crippen LogP contribution in [0.1, 0.15) is 34.3 Å². The van der Waals surface area contributed by atoms with Crippen molar-refractivity contribution in [2.75, 3.05) is 19.7 Å². The largest absolute Gasteiger partial charge is 0.491 e. The molecule has 2 heterocycles. The minimum atomic E-state index is -1.07. The predicted octanol–water partition coefficient (Wildman–Crippen LogP) is 2.74. The molecule has 1 aromatic heterocycles. The monoisotopic (exact) mass is 377 g/mol. The van der Waals surface area contributed by atoms with Gasteiger partial charge in [0.05, 0.1) is 18.3 Å². The molecule has 1 fully saturated rings. The van der Waals surface area contributed by atoms with Crippen LogP contribution in [0.25, 0.3) is 0 Å². The second-order valence-electron chi connectivity index (χ2n) is 7.12. The van der Waals surface area contributed by atoms with Gasteiger partial charge in [0, 0.05) is 24.8 Å². The molecule has 1 amide bonds. The number of nitrogens with zero attached hydrogens (tertiary/aromatic N) is 3. The Morgan fingerprint density at radius 1 is 1.38 bits per heavy atom. The Kier molecular flexibility index (Phi) is 5.25. The molecule has 1 saturated heterocycles. The SMILES string of the molecule is Cc1cc(OCC2(O)CCCN(C(=O)c3cnn(C)c3)C2)cc(C)c1Cl. The number of benzene rings is 1. The number of carbonyl (C=O) groups is 1. The van der Waals surface area contributed by atoms with Crippen molar-refractivity contribution in [3.8, 4) is 5.75 Å². The van der Waals surface area contributed by atoms with Gasteiger partial charge in [-0.2, -0.15) is 5.10 Å². The fraction of sp³-hybridized carbons (Fsp3) is 0.474. The number of β-amino-alcohol motifs (C(OH)–C–C–N with tert-alkyl or cyclic N) is 1. The van der Waals surface area contributed by atoms with Gasteiger partial charge in [-0.25, -0.2) is 0 Å². The number of hydrogen-bond donors (Lipinski definition) is 1. The summed E-state index contributed by atoms with van der Waals surface area (Å²) in [5.41, 5.74) is 1.33. The number of rotatable bonds is 4. The maximum absolute atomic E-state index is 12.6. The van der Waals surface area contributed by atoms with Gasteiger partial charge < -0.3 is 14.7 Å². The molecule has 1 aliphatic heterocycles. The Labute approximate surface area is 158 Å². The Bertz CT molecular complexity index is 797. The van der Waals surface area contributed by atoms with Gasteiger partial charge in [0.15, 0.2) is 0 Å². The Morgan fingerprint density at radius 3 is 2.69 bits per heavy atom. The molecule has 140 valence electrons. The van der Waals surface area contributed by atoms with E-state index in [9.17, 15) is 9.90 Å². The molecule has 0 aliphatic carbocycles. The summed E-state index contributed by atoms with van der Waals surface area (Å²) in [5.74, 6) is 0.558. The Hall–Kier alpha value is -2.05. The summed E-state index contributed by atoms with van der Waals surface area (Å²) in [4.78, 5) is 14.3. The third kappa shape index (κ3) is 4.02. The van der Waals surface area contributed by atoms with E-state index in [1.807, 2.05) is 26.0 Å². The molecule has 0 spiro atoms. The van der Waals surface area contributed by atoms with E-state index in [0.717, 1.165) is 22.6 Å². The number of aryl methyl sites for hydroxylation is 3. The third-order valence-electron chi connectivity index (χ3n) is 4.71. The van der Waals surface area contributed by atoms with Crippen molar-refractivity contribution < 1.29 is 14.6 Å². The lowest BCUT2D eigenvalue weighted by Gasteiger charge is -2.38. The lowest BCUT2D eigenvalue weighted by Crippen LogP contribution is -2.53. The molecule has 0 bridgehead atoms. The molecule has 1 aliphatic rings. The van der Waals surface area contributed by atoms with Crippen LogP contribution in [0.5, 0.6) is 5.75 Å². The number of halogens is 1. The summed E-state index contributed by atoms with van der Waals surface area (Å²) in [6.07, 6.45) is 4.55. The molecule has 0 radical (unpaired) electrons. The van der Waals surface area contributed by atoms with Gasteiger partial charge >= 0.3 is 0 Å². The van der Waals surface area contributed by atoms with Crippen molar-refractivity contribution in [3.05, 3.63) is 46.2 Å². The van der Waals surface area contributed by atoms with E-state index in [-0.39, 0.29) is 19.1 Å². The first-order valence-corrected chi connectivity index (χ1v) is 9.05. The van der Waals surface area contributed by atoms with Crippen molar-refractivity contribution in [1.82, 2.24) is 14.7 Å². The first kappa shape index (κ1) is 18.7. The van der Waals surface area contributed by atoms with E-state index < -0.39 is 5.60 Å². The molecule has 26 heavy (non-hydrogen) atoms. The molecule has 1 N–H and O–H groups in total. The number of carbonyl (C=O) groups excluding carboxylic acids is 1. The summed E-state index contributed by atoms with van der Waals surface area (Å²) < 4.78 is 7.43. The predicted molar refractivity (Wildman–Crippen MR) is 99.7 cm³/mol. The van der Waals surface area contributed by atoms with Gasteiger partial charge in [-0.1, -0.05) is 11.6 Å². The maximum atomic E-state index is 12.6. The van der Waals surface area contributed by atoms with Crippen LogP contribution in [-0.2, 0) is 7.05 Å². The van der Waals surface area contributed by atoms with Crippen LogP contribution in [0.2, 0.25) is 5.02 Å². The number of likely N-dealkylation sites (tertiary alicyclic amines) is 1. The standard InChI is InChI=1S/C19H24ClN3O3/c1-13-7-16(8-14(2)17(13)20)26-12-19(25)5-4-6-23(11-19)18(24)15-9-21-22(3)10-15/h7-10,25H,4-6,11-12H2,1-3H3. The number of piperidine rings is 1. The first-order valence-electron chi connectivity index (χ1n) is 8.67. The quantitative estimate of drug-likeness (QED) is 0.889. The number of aromatic nitrogens is 2. The second-order valence-corrected chi connectivity index (χ2v) is 7.49. The highest BCUT2D eigenvalue weighted by molar-refractivity contribution is 6.32. The third-order valence-corrected chi connectivity index (χ3v) is 5.31. The highest BCUT2D eigenvalue weighted by Crippen LogP contribution is 2.28. The number of ether oxygens (including phenoxy) is 1. The molecule has 3 rings (SSSR count). The zero-order chi connectivity index (χ0) is 18.9. The average Bonchev–Trinajstić information content (AvgIpc) is 3.03. The van der Waals surface area contributed by atoms with E-state index in [0.29, 0.717) is 24.3 Å². The number of amides is 1. The van der Waals surface area contributed by atoms with Crippen LogP contribution >= 0.6 is 11.6 Å². The van der Waals surface area contributed by atoms with E-state index in [2.05, 4.69) is 5.10 Å². The topological polar surface area (TPSA) is 67.6 Å². The van der Waals surface area contributed by atoms with Crippen LogP contribution in [-0.4, -0.2) is 51.0 Å². The minimum Gasteiger partial charge on any atom is -0.491 e. The minimum absolute atomic E-state index is 0.116. The molecule has 1 aromatic carbocycles. The van der Waals surface area contributed by atoms with Crippen LogP contribution in [0.3, 0.4) is 0 Å². The van der Waals surface area contributed by atoms with Crippen molar-refractivity contribution in [2.24, 2.45) is 7.05 Å². The van der Waals surface area contributed by atoms with Gasteiger partial charge in [-0.3, -0.25) is 9.48 Å². The van der Waals surface area contributed by atoms with E-state index in [1.165, 1.54) is 0 Å². The summed E-state index contributed by atoms with van der Waals surface area (Å²) in [6, 6.07) is 3.72. The molecule has 7 heteroatoms. The van der Waals surface area contributed by atoms with Gasteiger partial charge in [0.25, 0.3) is 5.91 Å². The van der Waals surface area contributed by atoms with Crippen LogP contribution in [0.4, 0.5) is 0 Å². The van der Waals surface area contributed by atoms with Gasteiger partial charge in [-0.05, 0) is 49.9 Å². The number of hydrogen-bond acceptors (Lipinski definition) is 4. The Morgan fingerprint density at radius 2 is 2.08 bits per heavy atom. The fourth-order valence-corrected chi connectivity index (χ4v) is 3.43. The lowest BCUT2D eigenvalue weighted by atomic mass is 9.93. The molecular weight excluding hydrogens is 354 g/mol. The van der Waals surface area contributed by atoms with Crippen molar-refractivity contribution in [1.29, 1.82) is 0 Å². The highest BCUT2D eigenvalue weighted by Gasteiger charge is 2.36. The lowest BCUT2D eigenvalue weighted by molar-refractivity contribution is -0.0532. The van der Waals surface area contributed by atoms with E-state index in [4.69, 9.17) is 16.3 Å². The van der Waals surface area contributed by atoms with Crippen molar-refractivity contribution >= 4 is 17.5 Å². The van der Waals surface area contributed by atoms with Crippen LogP contribution in [0.15, 0.2) is 24.5 Å². The summed E-state index contributed by atoms with van der Waals surface area (Å²) >= 11 is 6.18. The second kappa shape index (κ2) is 7.29. The summed E-state index contributed by atoms with van der Waals surface area (Å²) in [5, 5.41) is 15.7. The first-order chi connectivity index (χ1) is 12.3.